The van der Waals surface area contributed by atoms with Crippen molar-refractivity contribution in [1.29, 1.82) is 0 Å². The first-order valence-corrected chi connectivity index (χ1v) is 8.08. The lowest BCUT2D eigenvalue weighted by atomic mass is 10.1. The molecule has 0 saturated carbocycles. The molecule has 2 atom stereocenters. The maximum absolute atomic E-state index is 13.7. The van der Waals surface area contributed by atoms with Gasteiger partial charge in [-0.25, -0.2) is 17.5 Å². The molecule has 2 N–H and O–H groups in total. The summed E-state index contributed by atoms with van der Waals surface area (Å²) in [5.74, 6) is -2.71. The van der Waals surface area contributed by atoms with Crippen LogP contribution in [0.5, 0.6) is 0 Å². The monoisotopic (exact) mass is 313 g/mol. The van der Waals surface area contributed by atoms with Crippen molar-refractivity contribution in [3.8, 4) is 0 Å². The molecule has 0 fully saturated rings. The second kappa shape index (κ2) is 5.95. The number of hydrogen-bond acceptors (Lipinski definition) is 3. The van der Waals surface area contributed by atoms with Crippen LogP contribution in [0.15, 0.2) is 30.4 Å². The number of aryl methyl sites for hydroxylation is 1. The van der Waals surface area contributed by atoms with Crippen molar-refractivity contribution in [2.24, 2.45) is 5.92 Å². The predicted molar refractivity (Wildman–Crippen MR) is 75.6 cm³/mol. The van der Waals surface area contributed by atoms with Gasteiger partial charge in [-0.3, -0.25) is 4.79 Å². The van der Waals surface area contributed by atoms with Gasteiger partial charge in [-0.05, 0) is 25.0 Å². The first kappa shape index (κ1) is 15.7. The number of nitrogens with one attached hydrogen (secondary N) is 1. The van der Waals surface area contributed by atoms with E-state index in [1.165, 1.54) is 24.3 Å². The molecule has 0 radical (unpaired) electrons. The van der Waals surface area contributed by atoms with Gasteiger partial charge in [0.05, 0.1) is 11.7 Å². The van der Waals surface area contributed by atoms with Crippen LogP contribution in [0.4, 0.5) is 4.39 Å². The van der Waals surface area contributed by atoms with Crippen LogP contribution in [-0.2, 0) is 20.6 Å². The van der Waals surface area contributed by atoms with E-state index in [-0.39, 0.29) is 12.0 Å². The molecule has 5 nitrogen and oxygen atoms in total. The van der Waals surface area contributed by atoms with Gasteiger partial charge in [0, 0.05) is 11.6 Å². The molecule has 0 aromatic heterocycles. The maximum Gasteiger partial charge on any atom is 0.310 e. The molecule has 0 heterocycles. The Hall–Kier alpha value is -1.73. The van der Waals surface area contributed by atoms with Gasteiger partial charge in [0.1, 0.15) is 5.82 Å². The molecule has 1 aliphatic rings. The van der Waals surface area contributed by atoms with Crippen molar-refractivity contribution in [2.45, 2.75) is 25.1 Å². The molecule has 2 unspecified atom stereocenters. The summed E-state index contributed by atoms with van der Waals surface area (Å²) < 4.78 is 40.1. The van der Waals surface area contributed by atoms with Crippen LogP contribution >= 0.6 is 0 Å². The van der Waals surface area contributed by atoms with Crippen molar-refractivity contribution in [3.63, 3.8) is 0 Å². The summed E-state index contributed by atoms with van der Waals surface area (Å²) in [6.45, 7) is 1.72. The van der Waals surface area contributed by atoms with Crippen LogP contribution < -0.4 is 4.72 Å². The van der Waals surface area contributed by atoms with E-state index in [1.807, 2.05) is 0 Å². The fraction of sp³-hybridized carbons (Fsp3) is 0.357. The number of carboxylic acid groups (broad SMARTS) is 1. The molecule has 0 saturated heterocycles. The van der Waals surface area contributed by atoms with Crippen LogP contribution in [0, 0.1) is 18.7 Å². The van der Waals surface area contributed by atoms with E-state index >= 15 is 0 Å². The minimum atomic E-state index is -3.74. The number of hydrogen-bond donors (Lipinski definition) is 2. The SMILES string of the molecule is Cc1ccc(CS(=O)(=O)NC2C=CC(C(=O)O)C2)c(F)c1. The lowest BCUT2D eigenvalue weighted by Crippen LogP contribution is -2.34. The van der Waals surface area contributed by atoms with Crippen LogP contribution in [-0.4, -0.2) is 25.5 Å². The first-order chi connectivity index (χ1) is 9.77. The summed E-state index contributed by atoms with van der Waals surface area (Å²) in [5, 5.41) is 8.85. The van der Waals surface area contributed by atoms with E-state index in [0.717, 1.165) is 0 Å². The zero-order chi connectivity index (χ0) is 15.6. The number of sulfonamides is 1. The highest BCUT2D eigenvalue weighted by molar-refractivity contribution is 7.88. The molecule has 0 spiro atoms. The van der Waals surface area contributed by atoms with Gasteiger partial charge in [-0.15, -0.1) is 0 Å². The quantitative estimate of drug-likeness (QED) is 0.809. The summed E-state index contributed by atoms with van der Waals surface area (Å²) in [4.78, 5) is 10.8. The number of carboxylic acids is 1. The number of carbonyl (C=O) groups is 1. The molecule has 1 aliphatic carbocycles. The topological polar surface area (TPSA) is 83.5 Å². The van der Waals surface area contributed by atoms with E-state index in [1.54, 1.807) is 13.0 Å². The van der Waals surface area contributed by atoms with E-state index < -0.39 is 39.5 Å². The minimum Gasteiger partial charge on any atom is -0.481 e. The van der Waals surface area contributed by atoms with E-state index in [0.29, 0.717) is 5.56 Å². The lowest BCUT2D eigenvalue weighted by Gasteiger charge is -2.13. The summed E-state index contributed by atoms with van der Waals surface area (Å²) in [5.41, 5.74) is 0.800. The lowest BCUT2D eigenvalue weighted by molar-refractivity contribution is -0.140. The van der Waals surface area contributed by atoms with Crippen molar-refractivity contribution >= 4 is 16.0 Å². The molecule has 1 aromatic rings. The van der Waals surface area contributed by atoms with Gasteiger partial charge < -0.3 is 5.11 Å². The molecule has 2 rings (SSSR count). The Morgan fingerprint density at radius 1 is 1.43 bits per heavy atom. The van der Waals surface area contributed by atoms with Gasteiger partial charge in [-0.2, -0.15) is 0 Å². The maximum atomic E-state index is 13.7. The number of rotatable bonds is 5. The second-order valence-electron chi connectivity index (χ2n) is 5.14. The third kappa shape index (κ3) is 4.12. The number of halogens is 1. The normalized spacial score (nSPS) is 21.6. The smallest absolute Gasteiger partial charge is 0.310 e. The average Bonchev–Trinajstić information content (AvgIpc) is 2.80. The fourth-order valence-electron chi connectivity index (χ4n) is 2.22. The van der Waals surface area contributed by atoms with Crippen LogP contribution in [0.3, 0.4) is 0 Å². The molecule has 0 amide bonds. The zero-order valence-corrected chi connectivity index (χ0v) is 12.2. The Bertz CT molecular complexity index is 684. The van der Waals surface area contributed by atoms with Gasteiger partial charge in [-0.1, -0.05) is 24.3 Å². The van der Waals surface area contributed by atoms with Gasteiger partial charge in [0.25, 0.3) is 0 Å². The van der Waals surface area contributed by atoms with Crippen molar-refractivity contribution < 1.29 is 22.7 Å². The zero-order valence-electron chi connectivity index (χ0n) is 11.4. The molecular formula is C14H16FNO4S. The van der Waals surface area contributed by atoms with Crippen LogP contribution in [0.2, 0.25) is 0 Å². The Morgan fingerprint density at radius 3 is 2.71 bits per heavy atom. The minimum absolute atomic E-state index is 0.0878. The largest absolute Gasteiger partial charge is 0.481 e. The summed E-state index contributed by atoms with van der Waals surface area (Å²) >= 11 is 0. The van der Waals surface area contributed by atoms with Gasteiger partial charge >= 0.3 is 5.97 Å². The fourth-order valence-corrected chi connectivity index (χ4v) is 3.58. The van der Waals surface area contributed by atoms with E-state index in [9.17, 15) is 17.6 Å². The van der Waals surface area contributed by atoms with Crippen LogP contribution in [0.25, 0.3) is 0 Å². The Kier molecular flexibility index (Phi) is 4.43. The van der Waals surface area contributed by atoms with Crippen LogP contribution in [0.1, 0.15) is 17.5 Å². The molecule has 0 bridgehead atoms. The van der Waals surface area contributed by atoms with Crippen molar-refractivity contribution in [2.75, 3.05) is 0 Å². The van der Waals surface area contributed by atoms with E-state index in [4.69, 9.17) is 5.11 Å². The predicted octanol–water partition coefficient (Wildman–Crippen LogP) is 1.58. The number of aliphatic carboxylic acids is 1. The molecule has 7 heteroatoms. The highest BCUT2D eigenvalue weighted by atomic mass is 32.2. The van der Waals surface area contributed by atoms with Crippen molar-refractivity contribution in [3.05, 3.63) is 47.3 Å². The Balaban J connectivity index is 2.03. The summed E-state index contributed by atoms with van der Waals surface area (Å²) in [6, 6.07) is 3.80. The van der Waals surface area contributed by atoms with Crippen molar-refractivity contribution in [1.82, 2.24) is 4.72 Å². The first-order valence-electron chi connectivity index (χ1n) is 6.43. The Labute approximate surface area is 122 Å². The van der Waals surface area contributed by atoms with Gasteiger partial charge in [0.15, 0.2) is 0 Å². The molecular weight excluding hydrogens is 297 g/mol. The third-order valence-electron chi connectivity index (χ3n) is 3.29. The molecule has 0 aliphatic heterocycles. The van der Waals surface area contributed by atoms with E-state index in [2.05, 4.69) is 4.72 Å². The Morgan fingerprint density at radius 2 is 2.14 bits per heavy atom. The highest BCUT2D eigenvalue weighted by Crippen LogP contribution is 2.20. The standard InChI is InChI=1S/C14H16FNO4S/c1-9-2-3-11(13(15)6-9)8-21(19,20)16-12-5-4-10(7-12)14(17)18/h2-6,10,12,16H,7-8H2,1H3,(H,17,18). The second-order valence-corrected chi connectivity index (χ2v) is 6.90. The molecule has 114 valence electrons. The molecule has 21 heavy (non-hydrogen) atoms. The highest BCUT2D eigenvalue weighted by Gasteiger charge is 2.27. The summed E-state index contributed by atoms with van der Waals surface area (Å²) in [6.07, 6.45) is 3.15. The summed E-state index contributed by atoms with van der Waals surface area (Å²) in [7, 11) is -3.74. The number of benzene rings is 1. The third-order valence-corrected chi connectivity index (χ3v) is 4.64. The molecule has 1 aromatic carbocycles. The average molecular weight is 313 g/mol. The van der Waals surface area contributed by atoms with Gasteiger partial charge in [0.2, 0.25) is 10.0 Å².